The summed E-state index contributed by atoms with van der Waals surface area (Å²) >= 11 is 0. The summed E-state index contributed by atoms with van der Waals surface area (Å²) in [6.07, 6.45) is 0. The molecular formula is C11H18O7S. The van der Waals surface area contributed by atoms with Gasteiger partial charge in [-0.2, -0.15) is 8.42 Å². The molecule has 0 amide bonds. The largest absolute Gasteiger partial charge is 0.396 e. The summed E-state index contributed by atoms with van der Waals surface area (Å²) in [4.78, 5) is -0.0741. The molecule has 1 aromatic carbocycles. The molecule has 19 heavy (non-hydrogen) atoms. The minimum absolute atomic E-state index is 0.0741. The van der Waals surface area contributed by atoms with Crippen LogP contribution >= 0.6 is 0 Å². The monoisotopic (exact) mass is 294 g/mol. The SMILES string of the molecule is O=S(=O)(O)c1ccccc1.OCC(CO)(CO)CO. The molecule has 0 atom stereocenters. The summed E-state index contributed by atoms with van der Waals surface area (Å²) in [5, 5.41) is 34.0. The van der Waals surface area contributed by atoms with E-state index in [9.17, 15) is 8.42 Å². The summed E-state index contributed by atoms with van der Waals surface area (Å²) in [5.41, 5.74) is -1.11. The Bertz CT molecular complexity index is 422. The molecule has 0 saturated carbocycles. The maximum absolute atomic E-state index is 10.4. The molecule has 0 radical (unpaired) electrons. The van der Waals surface area contributed by atoms with Crippen LogP contribution in [0.25, 0.3) is 0 Å². The van der Waals surface area contributed by atoms with Crippen LogP contribution in [0.2, 0.25) is 0 Å². The Morgan fingerprint density at radius 1 is 0.842 bits per heavy atom. The average molecular weight is 294 g/mol. The zero-order chi connectivity index (χ0) is 14.9. The Labute approximate surface area is 111 Å². The van der Waals surface area contributed by atoms with Crippen molar-refractivity contribution >= 4 is 10.1 Å². The van der Waals surface area contributed by atoms with Crippen molar-refractivity contribution in [3.63, 3.8) is 0 Å². The number of aliphatic hydroxyl groups excluding tert-OH is 4. The van der Waals surface area contributed by atoms with Crippen molar-refractivity contribution in [1.82, 2.24) is 0 Å². The van der Waals surface area contributed by atoms with Crippen molar-refractivity contribution in [2.75, 3.05) is 26.4 Å². The van der Waals surface area contributed by atoms with Gasteiger partial charge in [-0.25, -0.2) is 0 Å². The lowest BCUT2D eigenvalue weighted by molar-refractivity contribution is -0.0328. The van der Waals surface area contributed by atoms with Crippen LogP contribution in [0.1, 0.15) is 0 Å². The highest BCUT2D eigenvalue weighted by molar-refractivity contribution is 7.85. The number of aliphatic hydroxyl groups is 4. The molecule has 7 nitrogen and oxygen atoms in total. The molecule has 0 saturated heterocycles. The molecular weight excluding hydrogens is 276 g/mol. The van der Waals surface area contributed by atoms with E-state index >= 15 is 0 Å². The Kier molecular flexibility index (Phi) is 7.76. The molecule has 0 spiro atoms. The first-order valence-corrected chi connectivity index (χ1v) is 6.75. The topological polar surface area (TPSA) is 135 Å². The number of hydrogen-bond acceptors (Lipinski definition) is 6. The lowest BCUT2D eigenvalue weighted by atomic mass is 9.93. The minimum atomic E-state index is -4.00. The molecule has 110 valence electrons. The quantitative estimate of drug-likeness (QED) is 0.434. The fraction of sp³-hybridized carbons (Fsp3) is 0.455. The van der Waals surface area contributed by atoms with Gasteiger partial charge in [0.25, 0.3) is 10.1 Å². The van der Waals surface area contributed by atoms with Crippen molar-refractivity contribution in [3.05, 3.63) is 30.3 Å². The molecule has 0 aliphatic carbocycles. The highest BCUT2D eigenvalue weighted by Gasteiger charge is 2.26. The first-order chi connectivity index (χ1) is 8.85. The second-order valence-electron chi connectivity index (χ2n) is 3.92. The van der Waals surface area contributed by atoms with Gasteiger partial charge < -0.3 is 20.4 Å². The zero-order valence-electron chi connectivity index (χ0n) is 10.2. The summed E-state index contributed by atoms with van der Waals surface area (Å²) in [5.74, 6) is 0. The zero-order valence-corrected chi connectivity index (χ0v) is 11.0. The van der Waals surface area contributed by atoms with Gasteiger partial charge in [0.05, 0.1) is 36.7 Å². The predicted molar refractivity (Wildman–Crippen MR) is 67.0 cm³/mol. The third-order valence-electron chi connectivity index (χ3n) is 2.38. The Hall–Kier alpha value is -1.03. The third-order valence-corrected chi connectivity index (χ3v) is 3.25. The van der Waals surface area contributed by atoms with Gasteiger partial charge in [0.15, 0.2) is 0 Å². The Balaban J connectivity index is 0.000000344. The molecule has 0 bridgehead atoms. The lowest BCUT2D eigenvalue weighted by Gasteiger charge is -2.23. The van der Waals surface area contributed by atoms with Crippen molar-refractivity contribution in [2.24, 2.45) is 5.41 Å². The van der Waals surface area contributed by atoms with E-state index in [-0.39, 0.29) is 4.90 Å². The molecule has 0 aliphatic rings. The van der Waals surface area contributed by atoms with E-state index < -0.39 is 42.0 Å². The number of rotatable bonds is 5. The van der Waals surface area contributed by atoms with Crippen LogP contribution in [0.15, 0.2) is 35.2 Å². The summed E-state index contributed by atoms with van der Waals surface area (Å²) in [7, 11) is -4.00. The van der Waals surface area contributed by atoms with E-state index in [4.69, 9.17) is 25.0 Å². The van der Waals surface area contributed by atoms with Crippen LogP contribution in [-0.4, -0.2) is 59.8 Å². The summed E-state index contributed by atoms with van der Waals surface area (Å²) in [6, 6.07) is 7.42. The van der Waals surface area contributed by atoms with Crippen LogP contribution in [0.5, 0.6) is 0 Å². The van der Waals surface area contributed by atoms with Gasteiger partial charge in [-0.15, -0.1) is 0 Å². The van der Waals surface area contributed by atoms with E-state index in [0.717, 1.165) is 0 Å². The van der Waals surface area contributed by atoms with Gasteiger partial charge in [-0.1, -0.05) is 18.2 Å². The molecule has 0 unspecified atom stereocenters. The average Bonchev–Trinajstić information content (AvgIpc) is 2.43. The lowest BCUT2D eigenvalue weighted by Crippen LogP contribution is -2.37. The molecule has 1 aromatic rings. The first-order valence-electron chi connectivity index (χ1n) is 5.31. The predicted octanol–water partition coefficient (Wildman–Crippen LogP) is -1.12. The molecule has 0 fully saturated rings. The molecule has 0 heterocycles. The first kappa shape index (κ1) is 18.0. The van der Waals surface area contributed by atoms with Gasteiger partial charge in [0.1, 0.15) is 0 Å². The van der Waals surface area contributed by atoms with E-state index in [1.54, 1.807) is 18.2 Å². The maximum atomic E-state index is 10.4. The fourth-order valence-corrected chi connectivity index (χ4v) is 1.39. The molecule has 8 heteroatoms. The van der Waals surface area contributed by atoms with Gasteiger partial charge in [-0.3, -0.25) is 4.55 Å². The standard InChI is InChI=1S/C6H6O3S.C5H12O4/c7-10(8,9)6-4-2-1-3-5-6;6-1-5(2-7,3-8)4-9/h1-5H,(H,7,8,9);6-9H,1-4H2. The highest BCUT2D eigenvalue weighted by atomic mass is 32.2. The number of hydrogen-bond donors (Lipinski definition) is 5. The normalized spacial score (nSPS) is 11.6. The highest BCUT2D eigenvalue weighted by Crippen LogP contribution is 2.11. The van der Waals surface area contributed by atoms with E-state index in [2.05, 4.69) is 0 Å². The van der Waals surface area contributed by atoms with E-state index in [1.165, 1.54) is 12.1 Å². The van der Waals surface area contributed by atoms with Crippen molar-refractivity contribution in [2.45, 2.75) is 4.90 Å². The number of benzene rings is 1. The maximum Gasteiger partial charge on any atom is 0.294 e. The Morgan fingerprint density at radius 3 is 1.37 bits per heavy atom. The van der Waals surface area contributed by atoms with Gasteiger partial charge in [-0.05, 0) is 12.1 Å². The fourth-order valence-electron chi connectivity index (χ4n) is 0.892. The van der Waals surface area contributed by atoms with Crippen LogP contribution in [0.3, 0.4) is 0 Å². The molecule has 1 rings (SSSR count). The van der Waals surface area contributed by atoms with Gasteiger partial charge in [0, 0.05) is 0 Å². The minimum Gasteiger partial charge on any atom is -0.396 e. The van der Waals surface area contributed by atoms with Gasteiger partial charge in [0.2, 0.25) is 0 Å². The van der Waals surface area contributed by atoms with Crippen LogP contribution in [-0.2, 0) is 10.1 Å². The summed E-state index contributed by atoms with van der Waals surface area (Å²) < 4.78 is 29.2. The summed E-state index contributed by atoms with van der Waals surface area (Å²) in [6.45, 7) is -1.62. The second-order valence-corrected chi connectivity index (χ2v) is 5.34. The van der Waals surface area contributed by atoms with Crippen molar-refractivity contribution < 1.29 is 33.4 Å². The second kappa shape index (κ2) is 8.20. The van der Waals surface area contributed by atoms with Crippen molar-refractivity contribution in [1.29, 1.82) is 0 Å². The van der Waals surface area contributed by atoms with Crippen LogP contribution in [0, 0.1) is 5.41 Å². The van der Waals surface area contributed by atoms with Gasteiger partial charge >= 0.3 is 0 Å². The van der Waals surface area contributed by atoms with Crippen molar-refractivity contribution in [3.8, 4) is 0 Å². The third kappa shape index (κ3) is 6.10. The van der Waals surface area contributed by atoms with Crippen LogP contribution in [0.4, 0.5) is 0 Å². The smallest absolute Gasteiger partial charge is 0.294 e. The molecule has 5 N–H and O–H groups in total. The molecule has 0 aliphatic heterocycles. The van der Waals surface area contributed by atoms with E-state index in [1.807, 2.05) is 0 Å². The molecule has 0 aromatic heterocycles. The van der Waals surface area contributed by atoms with Crippen LogP contribution < -0.4 is 0 Å². The Morgan fingerprint density at radius 2 is 1.21 bits per heavy atom. The van der Waals surface area contributed by atoms with E-state index in [0.29, 0.717) is 0 Å².